The first-order valence-electron chi connectivity index (χ1n) is 7.53. The van der Waals surface area contributed by atoms with Crippen molar-refractivity contribution in [2.45, 2.75) is 32.7 Å². The molecule has 0 saturated heterocycles. The molecule has 0 saturated carbocycles. The third-order valence-corrected chi connectivity index (χ3v) is 4.03. The Morgan fingerprint density at radius 3 is 2.87 bits per heavy atom. The zero-order chi connectivity index (χ0) is 16.4. The van der Waals surface area contributed by atoms with E-state index in [1.54, 1.807) is 16.8 Å². The number of nitrogens with zero attached hydrogens (tertiary/aromatic N) is 3. The molecule has 0 unspecified atom stereocenters. The van der Waals surface area contributed by atoms with E-state index in [4.69, 9.17) is 11.6 Å². The molecule has 0 spiro atoms. The molecule has 3 heterocycles. The van der Waals surface area contributed by atoms with Gasteiger partial charge in [0.25, 0.3) is 0 Å². The smallest absolute Gasteiger partial charge is 0.327 e. The highest BCUT2D eigenvalue weighted by atomic mass is 35.5. The van der Waals surface area contributed by atoms with Gasteiger partial charge in [-0.15, -0.1) is 0 Å². The first-order chi connectivity index (χ1) is 11.1. The minimum atomic E-state index is -0.208. The van der Waals surface area contributed by atoms with Gasteiger partial charge < -0.3 is 5.11 Å². The number of H-pyrrole nitrogens is 1. The van der Waals surface area contributed by atoms with Gasteiger partial charge in [-0.1, -0.05) is 31.4 Å². The predicted molar refractivity (Wildman–Crippen MR) is 89.8 cm³/mol. The molecular formula is C16H17ClN4O2. The first-order valence-corrected chi connectivity index (χ1v) is 7.91. The molecule has 0 radical (unpaired) electrons. The number of hydrogen-bond donors (Lipinski definition) is 2. The highest BCUT2D eigenvalue weighted by molar-refractivity contribution is 6.34. The molecule has 3 rings (SSSR count). The molecule has 7 heteroatoms. The van der Waals surface area contributed by atoms with E-state index in [0.29, 0.717) is 33.9 Å². The maximum absolute atomic E-state index is 12.3. The van der Waals surface area contributed by atoms with Crippen LogP contribution in [-0.2, 0) is 6.54 Å². The summed E-state index contributed by atoms with van der Waals surface area (Å²) < 4.78 is 1.66. The van der Waals surface area contributed by atoms with Crippen molar-refractivity contribution in [2.24, 2.45) is 0 Å². The van der Waals surface area contributed by atoms with Gasteiger partial charge in [-0.2, -0.15) is 0 Å². The summed E-state index contributed by atoms with van der Waals surface area (Å²) in [5, 5.41) is 10.1. The SMILES string of the molecule is CCCCCn1c(=O)[nH]c2ncc(Cl)c(-c3cncc(O)c3)c21. The molecule has 0 bridgehead atoms. The lowest BCUT2D eigenvalue weighted by Crippen LogP contribution is -2.17. The molecule has 3 aromatic heterocycles. The summed E-state index contributed by atoms with van der Waals surface area (Å²) in [5.41, 5.74) is 2.21. The Hall–Kier alpha value is -2.34. The summed E-state index contributed by atoms with van der Waals surface area (Å²) >= 11 is 6.33. The van der Waals surface area contributed by atoms with E-state index < -0.39 is 0 Å². The quantitative estimate of drug-likeness (QED) is 0.702. The van der Waals surface area contributed by atoms with Crippen LogP contribution in [0, 0.1) is 0 Å². The van der Waals surface area contributed by atoms with Gasteiger partial charge in [-0.05, 0) is 12.5 Å². The second-order valence-corrected chi connectivity index (χ2v) is 5.81. The molecule has 6 nitrogen and oxygen atoms in total. The van der Waals surface area contributed by atoms with Crippen LogP contribution >= 0.6 is 11.6 Å². The Kier molecular flexibility index (Phi) is 4.34. The normalized spacial score (nSPS) is 11.2. The van der Waals surface area contributed by atoms with Crippen molar-refractivity contribution in [3.05, 3.63) is 40.2 Å². The van der Waals surface area contributed by atoms with Crippen molar-refractivity contribution in [2.75, 3.05) is 0 Å². The van der Waals surface area contributed by atoms with Gasteiger partial charge >= 0.3 is 5.69 Å². The summed E-state index contributed by atoms with van der Waals surface area (Å²) in [6.07, 6.45) is 7.45. The van der Waals surface area contributed by atoms with Crippen molar-refractivity contribution in [1.82, 2.24) is 19.5 Å². The highest BCUT2D eigenvalue weighted by Gasteiger charge is 2.17. The fraction of sp³-hybridized carbons (Fsp3) is 0.312. The van der Waals surface area contributed by atoms with Gasteiger partial charge in [0.1, 0.15) is 5.75 Å². The second kappa shape index (κ2) is 6.42. The maximum Gasteiger partial charge on any atom is 0.327 e. The average Bonchev–Trinajstić information content (AvgIpc) is 2.84. The number of aromatic nitrogens is 4. The number of rotatable bonds is 5. The number of nitrogens with one attached hydrogen (secondary N) is 1. The molecule has 0 aliphatic carbocycles. The Morgan fingerprint density at radius 1 is 1.30 bits per heavy atom. The summed E-state index contributed by atoms with van der Waals surface area (Å²) in [6, 6.07) is 1.57. The Bertz CT molecular complexity index is 901. The van der Waals surface area contributed by atoms with Crippen molar-refractivity contribution < 1.29 is 5.11 Å². The van der Waals surface area contributed by atoms with Crippen LogP contribution in [0.15, 0.2) is 29.5 Å². The van der Waals surface area contributed by atoms with Gasteiger partial charge in [0.05, 0.1) is 16.7 Å². The van der Waals surface area contributed by atoms with Gasteiger partial charge in [0, 0.05) is 30.1 Å². The van der Waals surface area contributed by atoms with Gasteiger partial charge in [0.15, 0.2) is 5.65 Å². The zero-order valence-electron chi connectivity index (χ0n) is 12.7. The van der Waals surface area contributed by atoms with Gasteiger partial charge in [-0.25, -0.2) is 9.78 Å². The van der Waals surface area contributed by atoms with Crippen molar-refractivity contribution >= 4 is 22.8 Å². The lowest BCUT2D eigenvalue weighted by Gasteiger charge is -2.09. The molecule has 0 amide bonds. The molecule has 120 valence electrons. The van der Waals surface area contributed by atoms with E-state index in [9.17, 15) is 9.90 Å². The van der Waals surface area contributed by atoms with E-state index in [2.05, 4.69) is 21.9 Å². The third-order valence-electron chi connectivity index (χ3n) is 3.75. The van der Waals surface area contributed by atoms with Crippen LogP contribution in [0.3, 0.4) is 0 Å². The van der Waals surface area contributed by atoms with Crippen LogP contribution < -0.4 is 5.69 Å². The first kappa shape index (κ1) is 15.6. The minimum absolute atomic E-state index is 0.0407. The molecule has 0 aliphatic rings. The largest absolute Gasteiger partial charge is 0.506 e. The fourth-order valence-corrected chi connectivity index (χ4v) is 2.92. The van der Waals surface area contributed by atoms with E-state index in [1.807, 2.05) is 0 Å². The van der Waals surface area contributed by atoms with Crippen LogP contribution in [0.2, 0.25) is 5.02 Å². The summed E-state index contributed by atoms with van der Waals surface area (Å²) in [7, 11) is 0. The van der Waals surface area contributed by atoms with Crippen molar-refractivity contribution in [1.29, 1.82) is 0 Å². The Labute approximate surface area is 137 Å². The molecule has 23 heavy (non-hydrogen) atoms. The predicted octanol–water partition coefficient (Wildman–Crippen LogP) is 3.34. The molecule has 3 aromatic rings. The lowest BCUT2D eigenvalue weighted by atomic mass is 10.1. The second-order valence-electron chi connectivity index (χ2n) is 5.40. The number of fused-ring (bicyclic) bond motifs is 1. The lowest BCUT2D eigenvalue weighted by molar-refractivity contribution is 0.473. The molecular weight excluding hydrogens is 316 g/mol. The monoisotopic (exact) mass is 332 g/mol. The zero-order valence-corrected chi connectivity index (χ0v) is 13.5. The summed E-state index contributed by atoms with van der Waals surface area (Å²) in [6.45, 7) is 2.70. The number of hydrogen-bond acceptors (Lipinski definition) is 4. The highest BCUT2D eigenvalue weighted by Crippen LogP contribution is 2.34. The molecule has 0 aromatic carbocycles. The molecule has 0 fully saturated rings. The number of aromatic amines is 1. The van der Waals surface area contributed by atoms with Gasteiger partial charge in [-0.3, -0.25) is 14.5 Å². The number of aromatic hydroxyl groups is 1. The van der Waals surface area contributed by atoms with Crippen molar-refractivity contribution in [3.8, 4) is 16.9 Å². The fourth-order valence-electron chi connectivity index (χ4n) is 2.68. The minimum Gasteiger partial charge on any atom is -0.506 e. The van der Waals surface area contributed by atoms with Crippen LogP contribution in [0.5, 0.6) is 5.75 Å². The van der Waals surface area contributed by atoms with Crippen LogP contribution in [-0.4, -0.2) is 24.6 Å². The average molecular weight is 333 g/mol. The Balaban J connectivity index is 2.23. The summed E-state index contributed by atoms with van der Waals surface area (Å²) in [5.74, 6) is 0.0407. The van der Waals surface area contributed by atoms with Gasteiger partial charge in [0.2, 0.25) is 0 Å². The van der Waals surface area contributed by atoms with E-state index in [0.717, 1.165) is 19.3 Å². The third kappa shape index (κ3) is 2.94. The molecule has 0 aliphatic heterocycles. The number of pyridine rings is 2. The van der Waals surface area contributed by atoms with E-state index in [-0.39, 0.29) is 11.4 Å². The van der Waals surface area contributed by atoms with Crippen molar-refractivity contribution in [3.63, 3.8) is 0 Å². The number of aryl methyl sites for hydroxylation is 1. The standard InChI is InChI=1S/C16H17ClN4O2/c1-2-3-4-5-21-14-13(10-6-11(22)8-18-7-10)12(17)9-19-15(14)20-16(21)23/h6-9,22H,2-5H2,1H3,(H,19,20,23). The number of imidazole rings is 1. The maximum atomic E-state index is 12.3. The van der Waals surface area contributed by atoms with Crippen LogP contribution in [0.1, 0.15) is 26.2 Å². The number of unbranched alkanes of at least 4 members (excludes halogenated alkanes) is 2. The van der Waals surface area contributed by atoms with Crippen LogP contribution in [0.4, 0.5) is 0 Å². The van der Waals surface area contributed by atoms with E-state index in [1.165, 1.54) is 12.4 Å². The number of halogens is 1. The van der Waals surface area contributed by atoms with E-state index >= 15 is 0 Å². The van der Waals surface area contributed by atoms with Crippen LogP contribution in [0.25, 0.3) is 22.3 Å². The molecule has 0 atom stereocenters. The topological polar surface area (TPSA) is 83.8 Å². The molecule has 2 N–H and O–H groups in total. The Morgan fingerprint density at radius 2 is 2.13 bits per heavy atom. The summed E-state index contributed by atoms with van der Waals surface area (Å²) in [4.78, 5) is 23.2.